The minimum absolute atomic E-state index is 0.121. The maximum Gasteiger partial charge on any atom is 0.314 e. The fourth-order valence-corrected chi connectivity index (χ4v) is 12.0. The minimum Gasteiger partial charge on any atom is -0.432 e. The lowest BCUT2D eigenvalue weighted by molar-refractivity contribution is -0.378. The Kier molecular flexibility index (Phi) is 11.9. The van der Waals surface area contributed by atoms with E-state index >= 15 is 0 Å². The number of rotatable bonds is 9. The summed E-state index contributed by atoms with van der Waals surface area (Å²) in [6.07, 6.45) is -17.8. The van der Waals surface area contributed by atoms with Crippen LogP contribution in [0.4, 0.5) is 0 Å². The maximum atomic E-state index is 14.1. The molecule has 3 saturated heterocycles. The van der Waals surface area contributed by atoms with Crippen LogP contribution in [0.3, 0.4) is 0 Å². The Morgan fingerprint density at radius 1 is 0.679 bits per heavy atom. The zero-order valence-corrected chi connectivity index (χ0v) is 31.8. The first-order valence-electron chi connectivity index (χ1n) is 19.9. The molecule has 4 aliphatic carbocycles. The number of hydrogen-bond donors (Lipinski definition) is 11. The van der Waals surface area contributed by atoms with Crippen LogP contribution >= 0.6 is 0 Å². The van der Waals surface area contributed by atoms with Crippen molar-refractivity contribution in [1.82, 2.24) is 0 Å². The smallest absolute Gasteiger partial charge is 0.314 e. The van der Waals surface area contributed by atoms with Crippen molar-refractivity contribution in [2.45, 2.75) is 169 Å². The first-order valence-corrected chi connectivity index (χ1v) is 19.9. The Morgan fingerprint density at radius 2 is 1.21 bits per heavy atom. The Morgan fingerprint density at radius 3 is 1.82 bits per heavy atom. The number of fused-ring (bicyclic) bond motifs is 3. The highest BCUT2D eigenvalue weighted by Gasteiger charge is 2.69. The molecule has 3 heterocycles. The van der Waals surface area contributed by atoms with Gasteiger partial charge in [0.05, 0.1) is 30.8 Å². The van der Waals surface area contributed by atoms with Crippen LogP contribution in [0.15, 0.2) is 12.2 Å². The van der Waals surface area contributed by atoms with Crippen LogP contribution in [0.2, 0.25) is 0 Å². The molecule has 0 aromatic rings. The standard InChI is InChI=1S/C38H60O18/c1-16-11-37-9-5-20-35(2,7-4-8-36(20,3)34(50)55-32-29(49)26(46)23(43)18(13-40)52-32)21(37)6-10-38(16,15-37)56-33-30(27(47)24(44)19(14-41)53-33)54-31-28(48)25(45)22(42)17(12-39)51-31/h17-33,39-49H,1,4-15H2,2-3H3/t17-,18-,19-,20+,21+,22-,23-,24-,25+,26+,27+,28-,29-,30-,31+,32+,33+,35-,36+,37-,38+/m1/s1. The monoisotopic (exact) mass is 804 g/mol. The molecule has 0 aromatic heterocycles. The molecule has 7 rings (SSSR count). The molecule has 18 nitrogen and oxygen atoms in total. The third kappa shape index (κ3) is 6.69. The van der Waals surface area contributed by atoms with E-state index in [1.54, 1.807) is 0 Å². The molecule has 3 aliphatic heterocycles. The third-order valence-electron chi connectivity index (χ3n) is 15.0. The highest BCUT2D eigenvalue weighted by Crippen LogP contribution is 2.73. The molecule has 11 N–H and O–H groups in total. The van der Waals surface area contributed by atoms with E-state index in [1.807, 2.05) is 6.92 Å². The molecule has 2 bridgehead atoms. The van der Waals surface area contributed by atoms with E-state index in [2.05, 4.69) is 13.5 Å². The van der Waals surface area contributed by atoms with Crippen LogP contribution in [-0.2, 0) is 33.2 Å². The van der Waals surface area contributed by atoms with E-state index in [9.17, 15) is 61.0 Å². The summed E-state index contributed by atoms with van der Waals surface area (Å²) in [6.45, 7) is 6.52. The predicted octanol–water partition coefficient (Wildman–Crippen LogP) is -2.94. The highest BCUT2D eigenvalue weighted by molar-refractivity contribution is 5.77. The van der Waals surface area contributed by atoms with Crippen LogP contribution in [0.1, 0.15) is 71.6 Å². The summed E-state index contributed by atoms with van der Waals surface area (Å²) in [6, 6.07) is 0. The lowest BCUT2D eigenvalue weighted by atomic mass is 9.41. The van der Waals surface area contributed by atoms with E-state index in [-0.39, 0.29) is 22.7 Å². The van der Waals surface area contributed by atoms with Gasteiger partial charge in [0.1, 0.15) is 73.2 Å². The van der Waals surface area contributed by atoms with Gasteiger partial charge in [0.2, 0.25) is 6.29 Å². The van der Waals surface area contributed by atoms with Gasteiger partial charge in [-0.2, -0.15) is 0 Å². The van der Waals surface area contributed by atoms with Crippen molar-refractivity contribution in [1.29, 1.82) is 0 Å². The van der Waals surface area contributed by atoms with Gasteiger partial charge < -0.3 is 84.6 Å². The van der Waals surface area contributed by atoms with Crippen molar-refractivity contribution in [2.24, 2.45) is 28.1 Å². The molecular weight excluding hydrogens is 744 g/mol. The van der Waals surface area contributed by atoms with Gasteiger partial charge in [0, 0.05) is 0 Å². The fraction of sp³-hybridized carbons (Fsp3) is 0.921. The summed E-state index contributed by atoms with van der Waals surface area (Å²) in [4.78, 5) is 14.1. The Balaban J connectivity index is 1.10. The lowest BCUT2D eigenvalue weighted by Gasteiger charge is -2.64. The average molecular weight is 805 g/mol. The van der Waals surface area contributed by atoms with E-state index in [0.717, 1.165) is 18.4 Å². The van der Waals surface area contributed by atoms with Crippen molar-refractivity contribution in [3.63, 3.8) is 0 Å². The molecule has 320 valence electrons. The molecule has 7 aliphatic rings. The second kappa shape index (κ2) is 15.6. The number of aliphatic hydroxyl groups excluding tert-OH is 11. The number of carbonyl (C=O) groups is 1. The van der Waals surface area contributed by atoms with Crippen molar-refractivity contribution < 1.29 is 89.4 Å². The molecule has 56 heavy (non-hydrogen) atoms. The molecular formula is C38H60O18. The van der Waals surface area contributed by atoms with Gasteiger partial charge in [-0.15, -0.1) is 0 Å². The zero-order chi connectivity index (χ0) is 40.7. The zero-order valence-electron chi connectivity index (χ0n) is 31.8. The second-order valence-electron chi connectivity index (χ2n) is 18.0. The summed E-state index contributed by atoms with van der Waals surface area (Å²) in [5.41, 5.74) is -1.80. The van der Waals surface area contributed by atoms with E-state index in [4.69, 9.17) is 28.4 Å². The summed E-state index contributed by atoms with van der Waals surface area (Å²) in [5.74, 6) is -0.591. The SMILES string of the molecule is C=C1C[C@@]23CC[C@H]4[C@@](C)(CCC[C@]4(C)C(=O)O[C@@H]4O[C@H](CO)[C@@H](O)[C@H](O)[C@H]4O)[C@@H]2CC[C@]1(O[C@@H]1O[C@H](CO)[C@@H](O)[C@H](O)[C@H]1O[C@@H]1O[C@H](CO)[C@@H](O)[C@H](O)[C@H]1O)C3. The van der Waals surface area contributed by atoms with Crippen LogP contribution < -0.4 is 0 Å². The number of carbonyl (C=O) groups excluding carboxylic acids is 1. The van der Waals surface area contributed by atoms with Crippen LogP contribution in [0.25, 0.3) is 0 Å². The predicted molar refractivity (Wildman–Crippen MR) is 186 cm³/mol. The van der Waals surface area contributed by atoms with Gasteiger partial charge in [-0.1, -0.05) is 19.9 Å². The van der Waals surface area contributed by atoms with Crippen LogP contribution in [-0.4, -0.2) is 180 Å². The molecule has 1 spiro atoms. The molecule has 7 fully saturated rings. The largest absolute Gasteiger partial charge is 0.432 e. The van der Waals surface area contributed by atoms with Crippen LogP contribution in [0, 0.1) is 28.1 Å². The maximum absolute atomic E-state index is 14.1. The van der Waals surface area contributed by atoms with E-state index in [1.165, 1.54) is 0 Å². The average Bonchev–Trinajstić information content (AvgIpc) is 3.37. The summed E-state index contributed by atoms with van der Waals surface area (Å²) >= 11 is 0. The Hall–Kier alpha value is -1.43. The summed E-state index contributed by atoms with van der Waals surface area (Å²) < 4.78 is 35.6. The molecule has 0 amide bonds. The van der Waals surface area contributed by atoms with E-state index in [0.29, 0.717) is 44.9 Å². The van der Waals surface area contributed by atoms with Gasteiger partial charge in [-0.3, -0.25) is 4.79 Å². The molecule has 0 unspecified atom stereocenters. The number of hydrogen-bond acceptors (Lipinski definition) is 18. The first-order chi connectivity index (χ1) is 26.4. The number of aliphatic hydroxyl groups is 11. The lowest BCUT2D eigenvalue weighted by Crippen LogP contribution is -2.65. The first kappa shape index (κ1) is 42.7. The van der Waals surface area contributed by atoms with Gasteiger partial charge >= 0.3 is 5.97 Å². The Labute approximate surface area is 324 Å². The van der Waals surface area contributed by atoms with Crippen LogP contribution in [0.5, 0.6) is 0 Å². The Bertz CT molecular complexity index is 1450. The number of esters is 1. The summed E-state index contributed by atoms with van der Waals surface area (Å²) in [7, 11) is 0. The molecule has 0 aromatic carbocycles. The molecule has 18 heteroatoms. The third-order valence-corrected chi connectivity index (χ3v) is 15.0. The fourth-order valence-electron chi connectivity index (χ4n) is 12.0. The summed E-state index contributed by atoms with van der Waals surface area (Å²) in [5, 5.41) is 114. The van der Waals surface area contributed by atoms with Gasteiger partial charge in [0.15, 0.2) is 12.6 Å². The van der Waals surface area contributed by atoms with Gasteiger partial charge in [-0.05, 0) is 86.5 Å². The topological polar surface area (TPSA) is 295 Å². The second-order valence-corrected chi connectivity index (χ2v) is 18.0. The normalized spacial score (nSPS) is 54.6. The van der Waals surface area contributed by atoms with E-state index < -0.39 is 129 Å². The molecule has 4 saturated carbocycles. The van der Waals surface area contributed by atoms with Crippen molar-refractivity contribution >= 4 is 5.97 Å². The van der Waals surface area contributed by atoms with Crippen molar-refractivity contribution in [2.75, 3.05) is 19.8 Å². The quantitative estimate of drug-likeness (QED) is 0.0631. The highest BCUT2D eigenvalue weighted by atomic mass is 16.8. The molecule has 21 atom stereocenters. The van der Waals surface area contributed by atoms with Crippen molar-refractivity contribution in [3.05, 3.63) is 12.2 Å². The number of ether oxygens (including phenoxy) is 6. The van der Waals surface area contributed by atoms with Crippen molar-refractivity contribution in [3.8, 4) is 0 Å². The minimum atomic E-state index is -1.81. The van der Waals surface area contributed by atoms with Gasteiger partial charge in [0.25, 0.3) is 0 Å². The molecule has 0 radical (unpaired) electrons. The van der Waals surface area contributed by atoms with Gasteiger partial charge in [-0.25, -0.2) is 0 Å².